The molecule has 1 aromatic rings. The highest BCUT2D eigenvalue weighted by molar-refractivity contribution is 5.82. The highest BCUT2D eigenvalue weighted by Gasteiger charge is 2.34. The number of likely N-dealkylation sites (tertiary alicyclic amines) is 1. The van der Waals surface area contributed by atoms with Crippen LogP contribution in [0.4, 0.5) is 0 Å². The lowest BCUT2D eigenvalue weighted by molar-refractivity contribution is -0.134. The summed E-state index contributed by atoms with van der Waals surface area (Å²) in [6.07, 6.45) is 0.997. The van der Waals surface area contributed by atoms with Crippen molar-refractivity contribution < 1.29 is 9.53 Å². The first-order chi connectivity index (χ1) is 10.4. The van der Waals surface area contributed by atoms with E-state index in [0.717, 1.165) is 19.5 Å². The number of hydrogen-bond donors (Lipinski definition) is 1. The maximum atomic E-state index is 12.4. The summed E-state index contributed by atoms with van der Waals surface area (Å²) in [5.41, 5.74) is 7.06. The van der Waals surface area contributed by atoms with Crippen LogP contribution in [0, 0.1) is 11.3 Å². The van der Waals surface area contributed by atoms with Crippen molar-refractivity contribution in [1.82, 2.24) is 4.90 Å². The van der Waals surface area contributed by atoms with Crippen molar-refractivity contribution in [3.05, 3.63) is 35.9 Å². The van der Waals surface area contributed by atoms with Gasteiger partial charge >= 0.3 is 0 Å². The molecule has 4 nitrogen and oxygen atoms in total. The van der Waals surface area contributed by atoms with E-state index < -0.39 is 6.04 Å². The zero-order valence-corrected chi connectivity index (χ0v) is 13.9. The van der Waals surface area contributed by atoms with Gasteiger partial charge in [-0.3, -0.25) is 4.79 Å². The van der Waals surface area contributed by atoms with Crippen LogP contribution in [0.15, 0.2) is 30.3 Å². The van der Waals surface area contributed by atoms with Gasteiger partial charge in [-0.2, -0.15) is 0 Å². The largest absolute Gasteiger partial charge is 0.376 e. The van der Waals surface area contributed by atoms with Crippen LogP contribution < -0.4 is 5.73 Å². The summed E-state index contributed by atoms with van der Waals surface area (Å²) in [6.45, 7) is 8.90. The Hall–Kier alpha value is -1.39. The minimum absolute atomic E-state index is 0.0676. The summed E-state index contributed by atoms with van der Waals surface area (Å²) in [7, 11) is 0. The SMILES string of the molecule is CC(C)(C)[C@H](N)C(=O)N1CC[C@@H](COCc2ccccc2)C1. The van der Waals surface area contributed by atoms with Crippen LogP contribution in [-0.2, 0) is 16.1 Å². The van der Waals surface area contributed by atoms with Crippen molar-refractivity contribution in [2.24, 2.45) is 17.1 Å². The number of nitrogens with zero attached hydrogens (tertiary/aromatic N) is 1. The van der Waals surface area contributed by atoms with Crippen LogP contribution >= 0.6 is 0 Å². The van der Waals surface area contributed by atoms with E-state index in [4.69, 9.17) is 10.5 Å². The van der Waals surface area contributed by atoms with E-state index in [1.165, 1.54) is 5.56 Å². The van der Waals surface area contributed by atoms with E-state index in [0.29, 0.717) is 19.1 Å². The van der Waals surface area contributed by atoms with Crippen LogP contribution in [0.5, 0.6) is 0 Å². The number of amides is 1. The second-order valence-electron chi connectivity index (χ2n) is 7.28. The van der Waals surface area contributed by atoms with Crippen LogP contribution in [0.25, 0.3) is 0 Å². The van der Waals surface area contributed by atoms with Gasteiger partial charge < -0.3 is 15.4 Å². The predicted molar refractivity (Wildman–Crippen MR) is 88.2 cm³/mol. The van der Waals surface area contributed by atoms with Crippen molar-refractivity contribution in [3.63, 3.8) is 0 Å². The zero-order valence-electron chi connectivity index (χ0n) is 13.9. The molecule has 22 heavy (non-hydrogen) atoms. The van der Waals surface area contributed by atoms with Gasteiger partial charge in [0.15, 0.2) is 0 Å². The molecule has 2 rings (SSSR count). The summed E-state index contributed by atoms with van der Waals surface area (Å²) in [4.78, 5) is 14.3. The molecule has 1 heterocycles. The van der Waals surface area contributed by atoms with Crippen molar-refractivity contribution in [1.29, 1.82) is 0 Å². The van der Waals surface area contributed by atoms with E-state index in [1.807, 2.05) is 43.9 Å². The number of hydrogen-bond acceptors (Lipinski definition) is 3. The van der Waals surface area contributed by atoms with Gasteiger partial charge in [0.1, 0.15) is 0 Å². The summed E-state index contributed by atoms with van der Waals surface area (Å²) < 4.78 is 5.79. The quantitative estimate of drug-likeness (QED) is 0.909. The summed E-state index contributed by atoms with van der Waals surface area (Å²) >= 11 is 0. The highest BCUT2D eigenvalue weighted by Crippen LogP contribution is 2.23. The van der Waals surface area contributed by atoms with Crippen molar-refractivity contribution >= 4 is 5.91 Å². The monoisotopic (exact) mass is 304 g/mol. The van der Waals surface area contributed by atoms with Crippen LogP contribution in [0.1, 0.15) is 32.8 Å². The Balaban J connectivity index is 1.75. The highest BCUT2D eigenvalue weighted by atomic mass is 16.5. The first-order valence-electron chi connectivity index (χ1n) is 8.04. The molecule has 0 spiro atoms. The molecule has 1 saturated heterocycles. The van der Waals surface area contributed by atoms with E-state index in [1.54, 1.807) is 0 Å². The minimum atomic E-state index is -0.434. The van der Waals surface area contributed by atoms with Crippen LogP contribution in [0.3, 0.4) is 0 Å². The average Bonchev–Trinajstić information content (AvgIpc) is 2.95. The Morgan fingerprint density at radius 3 is 2.68 bits per heavy atom. The topological polar surface area (TPSA) is 55.6 Å². The molecule has 0 saturated carbocycles. The molecular weight excluding hydrogens is 276 g/mol. The lowest BCUT2D eigenvalue weighted by Crippen LogP contribution is -2.49. The summed E-state index contributed by atoms with van der Waals surface area (Å²) in [6, 6.07) is 9.73. The summed E-state index contributed by atoms with van der Waals surface area (Å²) in [5.74, 6) is 0.484. The van der Waals surface area contributed by atoms with Crippen LogP contribution in [-0.4, -0.2) is 36.5 Å². The molecule has 1 amide bonds. The zero-order chi connectivity index (χ0) is 16.2. The molecule has 2 N–H and O–H groups in total. The van der Waals surface area contributed by atoms with E-state index in [-0.39, 0.29) is 11.3 Å². The van der Waals surface area contributed by atoms with Gasteiger partial charge in [0.2, 0.25) is 5.91 Å². The minimum Gasteiger partial charge on any atom is -0.376 e. The van der Waals surface area contributed by atoms with Gasteiger partial charge in [-0.25, -0.2) is 0 Å². The maximum absolute atomic E-state index is 12.4. The summed E-state index contributed by atoms with van der Waals surface area (Å²) in [5, 5.41) is 0. The van der Waals surface area contributed by atoms with Gasteiger partial charge in [0.25, 0.3) is 0 Å². The predicted octanol–water partition coefficient (Wildman–Crippen LogP) is 2.43. The number of nitrogens with two attached hydrogens (primary N) is 1. The number of benzene rings is 1. The molecule has 0 bridgehead atoms. The van der Waals surface area contributed by atoms with E-state index >= 15 is 0 Å². The van der Waals surface area contributed by atoms with Crippen LogP contribution in [0.2, 0.25) is 0 Å². The van der Waals surface area contributed by atoms with Crippen molar-refractivity contribution in [3.8, 4) is 0 Å². The lowest BCUT2D eigenvalue weighted by atomic mass is 9.86. The molecule has 122 valence electrons. The lowest BCUT2D eigenvalue weighted by Gasteiger charge is -2.30. The van der Waals surface area contributed by atoms with Crippen molar-refractivity contribution in [2.45, 2.75) is 39.8 Å². The molecule has 4 heteroatoms. The third-order valence-electron chi connectivity index (χ3n) is 4.26. The number of carbonyl (C=O) groups is 1. The molecule has 1 aliphatic rings. The first kappa shape index (κ1) is 17.0. The normalized spacial score (nSPS) is 20.2. The molecule has 1 aromatic carbocycles. The molecule has 1 fully saturated rings. The fourth-order valence-corrected chi connectivity index (χ4v) is 2.65. The van der Waals surface area contributed by atoms with Gasteiger partial charge in [-0.15, -0.1) is 0 Å². The molecule has 1 aliphatic heterocycles. The standard InChI is InChI=1S/C18H28N2O2/c1-18(2,3)16(19)17(21)20-10-9-15(11-20)13-22-12-14-7-5-4-6-8-14/h4-8,15-16H,9-13,19H2,1-3H3/t15-,16-/m1/s1. The molecular formula is C18H28N2O2. The first-order valence-corrected chi connectivity index (χ1v) is 8.04. The Morgan fingerprint density at radius 2 is 2.05 bits per heavy atom. The third kappa shape index (κ3) is 4.55. The molecule has 0 radical (unpaired) electrons. The fourth-order valence-electron chi connectivity index (χ4n) is 2.65. The Labute approximate surface area is 133 Å². The Morgan fingerprint density at radius 1 is 1.36 bits per heavy atom. The average molecular weight is 304 g/mol. The van der Waals surface area contributed by atoms with Gasteiger partial charge in [0.05, 0.1) is 19.3 Å². The van der Waals surface area contributed by atoms with Gasteiger partial charge in [0, 0.05) is 19.0 Å². The second-order valence-corrected chi connectivity index (χ2v) is 7.28. The van der Waals surface area contributed by atoms with E-state index in [2.05, 4.69) is 12.1 Å². The number of rotatable bonds is 5. The molecule has 2 atom stereocenters. The molecule has 0 aromatic heterocycles. The maximum Gasteiger partial charge on any atom is 0.240 e. The molecule has 0 unspecified atom stereocenters. The van der Waals surface area contributed by atoms with E-state index in [9.17, 15) is 4.79 Å². The Kier molecular flexibility index (Phi) is 5.59. The fraction of sp³-hybridized carbons (Fsp3) is 0.611. The second kappa shape index (κ2) is 7.25. The Bertz CT molecular complexity index is 482. The molecule has 0 aliphatic carbocycles. The van der Waals surface area contributed by atoms with Crippen molar-refractivity contribution in [2.75, 3.05) is 19.7 Å². The number of carbonyl (C=O) groups excluding carboxylic acids is 1. The number of ether oxygens (including phenoxy) is 1. The smallest absolute Gasteiger partial charge is 0.240 e. The van der Waals surface area contributed by atoms with Gasteiger partial charge in [-0.05, 0) is 17.4 Å². The van der Waals surface area contributed by atoms with Gasteiger partial charge in [-0.1, -0.05) is 51.1 Å². The third-order valence-corrected chi connectivity index (χ3v) is 4.26.